The Morgan fingerprint density at radius 2 is 1.84 bits per heavy atom. The van der Waals surface area contributed by atoms with Crippen molar-refractivity contribution in [3.05, 3.63) is 65.2 Å². The molecule has 0 aliphatic heterocycles. The summed E-state index contributed by atoms with van der Waals surface area (Å²) in [4.78, 5) is 33.3. The molecule has 9 heteroatoms. The molecule has 0 radical (unpaired) electrons. The highest BCUT2D eigenvalue weighted by Crippen LogP contribution is 2.31. The predicted octanol–water partition coefficient (Wildman–Crippen LogP) is 6.03. The van der Waals surface area contributed by atoms with E-state index in [1.165, 1.54) is 40.0 Å². The molecule has 0 spiro atoms. The van der Waals surface area contributed by atoms with Crippen LogP contribution in [-0.4, -0.2) is 27.5 Å². The van der Waals surface area contributed by atoms with E-state index in [4.69, 9.17) is 0 Å². The number of carbonyl (C=O) groups excluding carboxylic acids is 2. The molecule has 2 aromatic heterocycles. The Morgan fingerprint density at radius 1 is 1.06 bits per heavy atom. The molecule has 0 bridgehead atoms. The fraction of sp³-hybridized carbons (Fsp3) is 0.217. The third kappa shape index (κ3) is 5.53. The number of nitrogens with one attached hydrogen (secondary N) is 2. The summed E-state index contributed by atoms with van der Waals surface area (Å²) >= 11 is 4.26. The second kappa shape index (κ2) is 9.40. The highest BCUT2D eigenvalue weighted by atomic mass is 32.2. The fourth-order valence-electron chi connectivity index (χ4n) is 2.94. The van der Waals surface area contributed by atoms with Gasteiger partial charge in [-0.1, -0.05) is 44.7 Å². The molecule has 0 unspecified atom stereocenters. The third-order valence-electron chi connectivity index (χ3n) is 4.65. The average Bonchev–Trinajstić information content (AvgIpc) is 3.40. The molecule has 0 saturated carbocycles. The number of hydrogen-bond donors (Lipinski definition) is 2. The van der Waals surface area contributed by atoms with Crippen LogP contribution in [-0.2, 0) is 10.2 Å². The van der Waals surface area contributed by atoms with Crippen molar-refractivity contribution in [2.75, 3.05) is 16.4 Å². The van der Waals surface area contributed by atoms with Crippen molar-refractivity contribution < 1.29 is 9.59 Å². The summed E-state index contributed by atoms with van der Waals surface area (Å²) in [5.74, 6) is -0.00878. The van der Waals surface area contributed by atoms with Crippen molar-refractivity contribution in [1.82, 2.24) is 9.97 Å². The molecule has 2 N–H and O–H groups in total. The van der Waals surface area contributed by atoms with Gasteiger partial charge in [0.25, 0.3) is 5.91 Å². The quantitative estimate of drug-likeness (QED) is 0.328. The van der Waals surface area contributed by atoms with Crippen molar-refractivity contribution in [3.63, 3.8) is 0 Å². The van der Waals surface area contributed by atoms with Gasteiger partial charge in [-0.05, 0) is 41.3 Å². The number of thioether (sulfide) groups is 1. The lowest BCUT2D eigenvalue weighted by Gasteiger charge is -2.19. The summed E-state index contributed by atoms with van der Waals surface area (Å²) in [5, 5.41) is 8.12. The van der Waals surface area contributed by atoms with Gasteiger partial charge in [-0.3, -0.25) is 9.59 Å². The van der Waals surface area contributed by atoms with Crippen molar-refractivity contribution in [2.45, 2.75) is 30.5 Å². The highest BCUT2D eigenvalue weighted by Gasteiger charge is 2.15. The number of aromatic nitrogens is 2. The first-order valence-corrected chi connectivity index (χ1v) is 12.6. The van der Waals surface area contributed by atoms with Gasteiger partial charge in [0.1, 0.15) is 0 Å². The van der Waals surface area contributed by atoms with Crippen LogP contribution < -0.4 is 10.6 Å². The second-order valence-corrected chi connectivity index (χ2v) is 11.3. The maximum absolute atomic E-state index is 12.6. The van der Waals surface area contributed by atoms with Crippen molar-refractivity contribution >= 4 is 67.3 Å². The summed E-state index contributed by atoms with van der Waals surface area (Å²) in [5.41, 5.74) is 3.40. The van der Waals surface area contributed by atoms with E-state index in [0.717, 1.165) is 14.6 Å². The Hall–Kier alpha value is -2.75. The monoisotopic (exact) mass is 482 g/mol. The van der Waals surface area contributed by atoms with E-state index < -0.39 is 0 Å². The standard InChI is InChI=1S/C23H22N4O2S3/c1-23(2,3)15-6-4-14(5-7-15)20(29)25-16-8-9-17-18(12-16)32-22(26-17)31-13-19(28)27-21-24-10-11-30-21/h4-12H,13H2,1-3H3,(H,25,29)(H,24,27,28). The van der Waals surface area contributed by atoms with Gasteiger partial charge in [0.2, 0.25) is 5.91 Å². The lowest BCUT2D eigenvalue weighted by Crippen LogP contribution is -2.14. The number of hydrogen-bond acceptors (Lipinski definition) is 7. The molecule has 0 fully saturated rings. The number of rotatable bonds is 6. The molecule has 6 nitrogen and oxygen atoms in total. The molecule has 0 aliphatic rings. The summed E-state index contributed by atoms with van der Waals surface area (Å²) in [6.45, 7) is 6.44. The lowest BCUT2D eigenvalue weighted by molar-refractivity contribution is -0.113. The molecule has 0 saturated heterocycles. The first-order valence-electron chi connectivity index (χ1n) is 9.92. The molecular weight excluding hydrogens is 460 g/mol. The molecule has 4 rings (SSSR count). The van der Waals surface area contributed by atoms with E-state index in [2.05, 4.69) is 41.4 Å². The number of benzene rings is 2. The van der Waals surface area contributed by atoms with Crippen LogP contribution in [0.3, 0.4) is 0 Å². The summed E-state index contributed by atoms with van der Waals surface area (Å²) in [7, 11) is 0. The van der Waals surface area contributed by atoms with Gasteiger partial charge in [0, 0.05) is 22.8 Å². The van der Waals surface area contributed by atoms with Gasteiger partial charge in [-0.15, -0.1) is 22.7 Å². The van der Waals surface area contributed by atoms with Crippen LogP contribution in [0.2, 0.25) is 0 Å². The van der Waals surface area contributed by atoms with Gasteiger partial charge in [-0.2, -0.15) is 0 Å². The maximum Gasteiger partial charge on any atom is 0.255 e. The third-order valence-corrected chi connectivity index (χ3v) is 7.49. The number of fused-ring (bicyclic) bond motifs is 1. The molecule has 4 aromatic rings. The minimum Gasteiger partial charge on any atom is -0.322 e. The largest absolute Gasteiger partial charge is 0.322 e. The van der Waals surface area contributed by atoms with Crippen LogP contribution in [0.15, 0.2) is 58.4 Å². The number of nitrogens with zero attached hydrogens (tertiary/aromatic N) is 2. The molecular formula is C23H22N4O2S3. The zero-order valence-corrected chi connectivity index (χ0v) is 20.3. The fourth-order valence-corrected chi connectivity index (χ4v) is 5.39. The van der Waals surface area contributed by atoms with E-state index in [1.807, 2.05) is 47.8 Å². The Balaban J connectivity index is 1.39. The first kappa shape index (κ1) is 22.4. The maximum atomic E-state index is 12.6. The molecule has 0 atom stereocenters. The van der Waals surface area contributed by atoms with E-state index in [9.17, 15) is 9.59 Å². The van der Waals surface area contributed by atoms with Crippen LogP contribution in [0.4, 0.5) is 10.8 Å². The van der Waals surface area contributed by atoms with E-state index in [1.54, 1.807) is 6.20 Å². The summed E-state index contributed by atoms with van der Waals surface area (Å²) in [6, 6.07) is 13.3. The van der Waals surface area contributed by atoms with Crippen molar-refractivity contribution in [3.8, 4) is 0 Å². The molecule has 0 aliphatic carbocycles. The summed E-state index contributed by atoms with van der Waals surface area (Å²) < 4.78 is 1.75. The first-order chi connectivity index (χ1) is 15.3. The predicted molar refractivity (Wildman–Crippen MR) is 134 cm³/mol. The van der Waals surface area contributed by atoms with Crippen LogP contribution in [0.1, 0.15) is 36.7 Å². The van der Waals surface area contributed by atoms with Crippen LogP contribution >= 0.6 is 34.4 Å². The number of thiazole rings is 2. The average molecular weight is 483 g/mol. The second-order valence-electron chi connectivity index (χ2n) is 8.12. The molecule has 32 heavy (non-hydrogen) atoms. The van der Waals surface area contributed by atoms with Gasteiger partial charge >= 0.3 is 0 Å². The van der Waals surface area contributed by atoms with Crippen molar-refractivity contribution in [2.24, 2.45) is 0 Å². The minimum atomic E-state index is -0.150. The highest BCUT2D eigenvalue weighted by molar-refractivity contribution is 8.01. The van der Waals surface area contributed by atoms with Crippen LogP contribution in [0.5, 0.6) is 0 Å². The Labute approximate surface area is 198 Å². The van der Waals surface area contributed by atoms with Crippen LogP contribution in [0, 0.1) is 0 Å². The zero-order chi connectivity index (χ0) is 22.7. The number of amides is 2. The van der Waals surface area contributed by atoms with Crippen LogP contribution in [0.25, 0.3) is 10.2 Å². The number of carbonyl (C=O) groups is 2. The normalized spacial score (nSPS) is 11.5. The van der Waals surface area contributed by atoms with Gasteiger partial charge < -0.3 is 10.6 Å². The van der Waals surface area contributed by atoms with E-state index in [0.29, 0.717) is 16.4 Å². The lowest BCUT2D eigenvalue weighted by atomic mass is 9.87. The topological polar surface area (TPSA) is 84.0 Å². The van der Waals surface area contributed by atoms with Gasteiger partial charge in [-0.25, -0.2) is 9.97 Å². The van der Waals surface area contributed by atoms with Gasteiger partial charge in [0.05, 0.1) is 16.0 Å². The number of anilines is 2. The molecule has 164 valence electrons. The molecule has 2 amide bonds. The Bertz CT molecular complexity index is 1240. The zero-order valence-electron chi connectivity index (χ0n) is 17.8. The molecule has 2 heterocycles. The van der Waals surface area contributed by atoms with E-state index >= 15 is 0 Å². The summed E-state index contributed by atoms with van der Waals surface area (Å²) in [6.07, 6.45) is 1.65. The minimum absolute atomic E-state index is 0.0451. The van der Waals surface area contributed by atoms with E-state index in [-0.39, 0.29) is 23.0 Å². The molecule has 2 aromatic carbocycles. The smallest absolute Gasteiger partial charge is 0.255 e. The SMILES string of the molecule is CC(C)(C)c1ccc(C(=O)Nc2ccc3nc(SCC(=O)Nc4nccs4)sc3c2)cc1. The Morgan fingerprint density at radius 3 is 2.53 bits per heavy atom. The van der Waals surface area contributed by atoms with Gasteiger partial charge in [0.15, 0.2) is 9.47 Å². The van der Waals surface area contributed by atoms with Crippen molar-refractivity contribution in [1.29, 1.82) is 0 Å². The Kier molecular flexibility index (Phi) is 6.59.